The normalized spacial score (nSPS) is 15.1. The van der Waals surface area contributed by atoms with Crippen molar-refractivity contribution >= 4 is 11.4 Å². The van der Waals surface area contributed by atoms with E-state index in [-0.39, 0.29) is 5.69 Å². The van der Waals surface area contributed by atoms with Gasteiger partial charge in [0.2, 0.25) is 0 Å². The number of aromatic nitrogens is 1. The first-order chi connectivity index (χ1) is 12.9. The molecule has 0 N–H and O–H groups in total. The van der Waals surface area contributed by atoms with Gasteiger partial charge in [0.25, 0.3) is 11.2 Å². The molecule has 0 radical (unpaired) electrons. The van der Waals surface area contributed by atoms with Crippen molar-refractivity contribution in [1.29, 1.82) is 0 Å². The summed E-state index contributed by atoms with van der Waals surface area (Å²) in [5.41, 5.74) is -1.94. The lowest BCUT2D eigenvalue weighted by Crippen LogP contribution is -2.23. The maximum absolute atomic E-state index is 13.4. The number of halogens is 3. The Kier molecular flexibility index (Phi) is 5.45. The third kappa shape index (κ3) is 4.11. The van der Waals surface area contributed by atoms with Crippen LogP contribution in [-0.4, -0.2) is 10.4 Å². The molecule has 0 saturated heterocycles. The van der Waals surface area contributed by atoms with E-state index in [0.29, 0.717) is 18.4 Å². The molecular formula is C20H18F3N3O. The summed E-state index contributed by atoms with van der Waals surface area (Å²) in [5.74, 6) is 0. The molecule has 0 aliphatic heterocycles. The monoisotopic (exact) mass is 373 g/mol. The van der Waals surface area contributed by atoms with Gasteiger partial charge in [-0.05, 0) is 31.7 Å². The summed E-state index contributed by atoms with van der Waals surface area (Å²) in [5, 5.41) is 4.40. The number of hydrogen-bond acceptors (Lipinski definition) is 2. The molecule has 1 heterocycles. The predicted molar refractivity (Wildman–Crippen MR) is 97.9 cm³/mol. The van der Waals surface area contributed by atoms with E-state index >= 15 is 0 Å². The SMILES string of the molecule is [C-]#[N+]c1c(C(F)(F)F)cc(-c2ccccc2)n(N=C2CCCCCC2)c1=O. The zero-order valence-corrected chi connectivity index (χ0v) is 14.6. The number of pyridine rings is 1. The standard InChI is InChI=1S/C20H18F3N3O/c1-24-18-16(20(21,22)23)13-17(14-9-5-4-6-10-14)26(19(18)27)25-15-11-7-2-3-8-12-15/h4-6,9-10,13H,2-3,7-8,11-12H2. The average molecular weight is 373 g/mol. The summed E-state index contributed by atoms with van der Waals surface area (Å²) >= 11 is 0. The summed E-state index contributed by atoms with van der Waals surface area (Å²) in [6.45, 7) is 7.09. The van der Waals surface area contributed by atoms with Crippen LogP contribution in [0.3, 0.4) is 0 Å². The molecule has 1 aliphatic rings. The van der Waals surface area contributed by atoms with Crippen LogP contribution in [0.25, 0.3) is 16.1 Å². The molecule has 0 unspecified atom stereocenters. The maximum Gasteiger partial charge on any atom is 0.407 e. The zero-order valence-electron chi connectivity index (χ0n) is 14.6. The highest BCUT2D eigenvalue weighted by Gasteiger charge is 2.36. The first-order valence-electron chi connectivity index (χ1n) is 8.78. The molecule has 0 bridgehead atoms. The van der Waals surface area contributed by atoms with E-state index in [4.69, 9.17) is 6.57 Å². The first kappa shape index (κ1) is 18.9. The predicted octanol–water partition coefficient (Wildman–Crippen LogP) is 5.64. The van der Waals surface area contributed by atoms with Crippen molar-refractivity contribution < 1.29 is 13.2 Å². The molecule has 2 aromatic rings. The fraction of sp³-hybridized carbons (Fsp3) is 0.350. The van der Waals surface area contributed by atoms with Gasteiger partial charge in [0.05, 0.1) is 17.8 Å². The van der Waals surface area contributed by atoms with Crippen LogP contribution in [0.5, 0.6) is 0 Å². The van der Waals surface area contributed by atoms with Gasteiger partial charge in [0.15, 0.2) is 0 Å². The molecule has 1 fully saturated rings. The first-order valence-corrected chi connectivity index (χ1v) is 8.78. The Morgan fingerprint density at radius 3 is 2.22 bits per heavy atom. The van der Waals surface area contributed by atoms with Crippen LogP contribution in [-0.2, 0) is 6.18 Å². The van der Waals surface area contributed by atoms with Gasteiger partial charge in [-0.3, -0.25) is 4.79 Å². The zero-order chi connectivity index (χ0) is 19.4. The Morgan fingerprint density at radius 1 is 1.04 bits per heavy atom. The van der Waals surface area contributed by atoms with Crippen LogP contribution in [0, 0.1) is 6.57 Å². The summed E-state index contributed by atoms with van der Waals surface area (Å²) in [6, 6.07) is 9.19. The fourth-order valence-corrected chi connectivity index (χ4v) is 3.21. The van der Waals surface area contributed by atoms with Crippen LogP contribution in [0.2, 0.25) is 0 Å². The van der Waals surface area contributed by atoms with Crippen LogP contribution in [0.1, 0.15) is 44.1 Å². The lowest BCUT2D eigenvalue weighted by Gasteiger charge is -2.15. The van der Waals surface area contributed by atoms with Gasteiger partial charge in [-0.25, -0.2) is 9.52 Å². The minimum Gasteiger partial charge on any atom is -0.281 e. The Bertz CT molecular complexity index is 943. The maximum atomic E-state index is 13.4. The van der Waals surface area contributed by atoms with Crippen LogP contribution in [0.15, 0.2) is 46.3 Å². The lowest BCUT2D eigenvalue weighted by atomic mass is 10.1. The molecule has 1 saturated carbocycles. The molecule has 0 atom stereocenters. The van der Waals surface area contributed by atoms with Gasteiger partial charge in [0.1, 0.15) is 0 Å². The third-order valence-corrected chi connectivity index (χ3v) is 4.57. The number of rotatable bonds is 2. The Hall–Kier alpha value is -2.88. The molecule has 4 nitrogen and oxygen atoms in total. The van der Waals surface area contributed by atoms with Crippen LogP contribution < -0.4 is 5.56 Å². The van der Waals surface area contributed by atoms with E-state index < -0.39 is 23.0 Å². The van der Waals surface area contributed by atoms with E-state index in [1.54, 1.807) is 30.3 Å². The number of alkyl halides is 3. The van der Waals surface area contributed by atoms with Gasteiger partial charge in [-0.15, -0.1) is 0 Å². The van der Waals surface area contributed by atoms with Crippen LogP contribution >= 0.6 is 0 Å². The minimum absolute atomic E-state index is 0.0390. The van der Waals surface area contributed by atoms with Crippen molar-refractivity contribution in [3.8, 4) is 11.3 Å². The molecule has 1 aromatic heterocycles. The second-order valence-electron chi connectivity index (χ2n) is 6.46. The molecule has 1 aliphatic carbocycles. The topological polar surface area (TPSA) is 38.7 Å². The van der Waals surface area contributed by atoms with Crippen molar-refractivity contribution in [3.05, 3.63) is 63.7 Å². The molecule has 0 spiro atoms. The Labute approximate surface area is 154 Å². The van der Waals surface area contributed by atoms with E-state index in [2.05, 4.69) is 9.95 Å². The number of benzene rings is 1. The van der Waals surface area contributed by atoms with Crippen molar-refractivity contribution in [2.75, 3.05) is 0 Å². The third-order valence-electron chi connectivity index (χ3n) is 4.57. The second kappa shape index (κ2) is 7.78. The average Bonchev–Trinajstić information content (AvgIpc) is 2.91. The summed E-state index contributed by atoms with van der Waals surface area (Å²) in [6.07, 6.45) is 0.621. The van der Waals surface area contributed by atoms with Crippen molar-refractivity contribution in [2.45, 2.75) is 44.7 Å². The largest absolute Gasteiger partial charge is 0.407 e. The smallest absolute Gasteiger partial charge is 0.281 e. The molecule has 0 amide bonds. The van der Waals surface area contributed by atoms with Gasteiger partial charge in [-0.1, -0.05) is 43.2 Å². The van der Waals surface area contributed by atoms with Gasteiger partial charge >= 0.3 is 6.18 Å². The summed E-state index contributed by atoms with van der Waals surface area (Å²) in [7, 11) is 0. The molecule has 27 heavy (non-hydrogen) atoms. The van der Waals surface area contributed by atoms with Gasteiger partial charge in [0, 0.05) is 11.3 Å². The van der Waals surface area contributed by atoms with E-state index in [1.807, 2.05) is 0 Å². The van der Waals surface area contributed by atoms with E-state index in [0.717, 1.165) is 42.1 Å². The second-order valence-corrected chi connectivity index (χ2v) is 6.46. The quantitative estimate of drug-likeness (QED) is 0.496. The van der Waals surface area contributed by atoms with Gasteiger partial charge < -0.3 is 0 Å². The van der Waals surface area contributed by atoms with E-state index in [9.17, 15) is 18.0 Å². The molecular weight excluding hydrogens is 355 g/mol. The minimum atomic E-state index is -4.79. The molecule has 1 aromatic carbocycles. The van der Waals surface area contributed by atoms with Crippen molar-refractivity contribution in [3.63, 3.8) is 0 Å². The molecule has 140 valence electrons. The number of nitrogens with zero attached hydrogens (tertiary/aromatic N) is 3. The highest BCUT2D eigenvalue weighted by atomic mass is 19.4. The number of hydrogen-bond donors (Lipinski definition) is 0. The van der Waals surface area contributed by atoms with Gasteiger partial charge in [-0.2, -0.15) is 18.3 Å². The van der Waals surface area contributed by atoms with Crippen molar-refractivity contribution in [1.82, 2.24) is 4.68 Å². The highest BCUT2D eigenvalue weighted by molar-refractivity contribution is 5.85. The Morgan fingerprint density at radius 2 is 1.67 bits per heavy atom. The summed E-state index contributed by atoms with van der Waals surface area (Å²) < 4.78 is 41.3. The lowest BCUT2D eigenvalue weighted by molar-refractivity contribution is -0.136. The van der Waals surface area contributed by atoms with Crippen LogP contribution in [0.4, 0.5) is 18.9 Å². The Balaban J connectivity index is 2.29. The van der Waals surface area contributed by atoms with Crippen molar-refractivity contribution in [2.24, 2.45) is 5.10 Å². The van der Waals surface area contributed by atoms with E-state index in [1.165, 1.54) is 0 Å². The summed E-state index contributed by atoms with van der Waals surface area (Å²) in [4.78, 5) is 15.6. The molecule has 3 rings (SSSR count). The molecule has 7 heteroatoms. The highest BCUT2D eigenvalue weighted by Crippen LogP contribution is 2.37. The fourth-order valence-electron chi connectivity index (χ4n) is 3.21.